The molecule has 0 amide bonds. The van der Waals surface area contributed by atoms with Crippen molar-refractivity contribution in [3.05, 3.63) is 29.3 Å². The molecule has 0 fully saturated rings. The van der Waals surface area contributed by atoms with E-state index in [1.54, 1.807) is 20.1 Å². The number of hydrogen-bond donors (Lipinski definition) is 2. The normalized spacial score (nSPS) is 13.3. The number of hydrogen-bond acceptors (Lipinski definition) is 4. The molecule has 0 aliphatic heterocycles. The quantitative estimate of drug-likeness (QED) is 0.682. The van der Waals surface area contributed by atoms with Crippen molar-refractivity contribution >= 4 is 10.0 Å². The van der Waals surface area contributed by atoms with Crippen LogP contribution in [-0.2, 0) is 21.3 Å². The number of benzene rings is 1. The Bertz CT molecular complexity index is 544. The summed E-state index contributed by atoms with van der Waals surface area (Å²) in [7, 11) is -1.95. The number of methoxy groups -OCH3 is 1. The summed E-state index contributed by atoms with van der Waals surface area (Å²) in [5.41, 5.74) is 1.71. The summed E-state index contributed by atoms with van der Waals surface area (Å²) in [6, 6.07) is 5.53. The van der Waals surface area contributed by atoms with E-state index in [1.807, 2.05) is 19.1 Å². The number of ether oxygens (including phenoxy) is 1. The second-order valence-electron chi connectivity index (χ2n) is 5.17. The van der Waals surface area contributed by atoms with E-state index < -0.39 is 10.0 Å². The molecule has 0 aromatic heterocycles. The van der Waals surface area contributed by atoms with Crippen molar-refractivity contribution in [3.8, 4) is 0 Å². The molecule has 1 rings (SSSR count). The maximum atomic E-state index is 12.4. The summed E-state index contributed by atoms with van der Waals surface area (Å²) in [6.45, 7) is 7.57. The SMILES string of the molecule is CCCNCc1ccc(C)c(S(=O)(=O)NCC(C)OC)c1. The monoisotopic (exact) mass is 314 g/mol. The fraction of sp³-hybridized carbons (Fsp3) is 0.600. The lowest BCUT2D eigenvalue weighted by molar-refractivity contribution is 0.122. The van der Waals surface area contributed by atoms with Crippen LogP contribution in [0, 0.1) is 6.92 Å². The van der Waals surface area contributed by atoms with Crippen LogP contribution >= 0.6 is 0 Å². The molecule has 0 aliphatic rings. The highest BCUT2D eigenvalue weighted by Gasteiger charge is 2.18. The molecule has 21 heavy (non-hydrogen) atoms. The van der Waals surface area contributed by atoms with Gasteiger partial charge >= 0.3 is 0 Å². The van der Waals surface area contributed by atoms with E-state index in [-0.39, 0.29) is 12.6 Å². The van der Waals surface area contributed by atoms with Gasteiger partial charge in [0.15, 0.2) is 0 Å². The molecule has 0 radical (unpaired) electrons. The standard InChI is InChI=1S/C15H26N2O3S/c1-5-8-16-11-14-7-6-12(2)15(9-14)21(18,19)17-10-13(3)20-4/h6-7,9,13,16-17H,5,8,10-11H2,1-4H3. The fourth-order valence-electron chi connectivity index (χ4n) is 1.84. The lowest BCUT2D eigenvalue weighted by Gasteiger charge is -2.14. The molecular weight excluding hydrogens is 288 g/mol. The molecule has 6 heteroatoms. The Kier molecular flexibility index (Phi) is 7.31. The number of nitrogens with one attached hydrogen (secondary N) is 2. The first-order chi connectivity index (χ1) is 9.90. The van der Waals surface area contributed by atoms with Crippen molar-refractivity contribution < 1.29 is 13.2 Å². The highest BCUT2D eigenvalue weighted by Crippen LogP contribution is 2.17. The first kappa shape index (κ1) is 18.1. The van der Waals surface area contributed by atoms with Crippen molar-refractivity contribution in [2.75, 3.05) is 20.2 Å². The van der Waals surface area contributed by atoms with E-state index in [0.29, 0.717) is 11.4 Å². The summed E-state index contributed by atoms with van der Waals surface area (Å²) < 4.78 is 32.4. The van der Waals surface area contributed by atoms with Crippen molar-refractivity contribution in [2.45, 2.75) is 44.7 Å². The summed E-state index contributed by atoms with van der Waals surface area (Å²) in [5.74, 6) is 0. The van der Waals surface area contributed by atoms with Gasteiger partial charge in [-0.2, -0.15) is 0 Å². The van der Waals surface area contributed by atoms with Gasteiger partial charge in [0.25, 0.3) is 0 Å². The van der Waals surface area contributed by atoms with Crippen LogP contribution in [0.4, 0.5) is 0 Å². The summed E-state index contributed by atoms with van der Waals surface area (Å²) in [5, 5.41) is 3.27. The van der Waals surface area contributed by atoms with Gasteiger partial charge in [-0.15, -0.1) is 0 Å². The van der Waals surface area contributed by atoms with Crippen molar-refractivity contribution in [3.63, 3.8) is 0 Å². The Morgan fingerprint density at radius 2 is 2.05 bits per heavy atom. The first-order valence-corrected chi connectivity index (χ1v) is 8.71. The molecule has 0 heterocycles. The molecular formula is C15H26N2O3S. The van der Waals surface area contributed by atoms with Crippen LogP contribution in [0.25, 0.3) is 0 Å². The van der Waals surface area contributed by atoms with Gasteiger partial charge in [-0.3, -0.25) is 0 Å². The zero-order chi connectivity index (χ0) is 15.9. The van der Waals surface area contributed by atoms with E-state index >= 15 is 0 Å². The number of sulfonamides is 1. The van der Waals surface area contributed by atoms with Gasteiger partial charge in [0.2, 0.25) is 10.0 Å². The van der Waals surface area contributed by atoms with Crippen LogP contribution in [0.3, 0.4) is 0 Å². The summed E-state index contributed by atoms with van der Waals surface area (Å²) in [6.07, 6.45) is 0.891. The maximum absolute atomic E-state index is 12.4. The van der Waals surface area contributed by atoms with E-state index in [0.717, 1.165) is 24.1 Å². The van der Waals surface area contributed by atoms with Crippen LogP contribution < -0.4 is 10.0 Å². The molecule has 1 aromatic carbocycles. The third-order valence-corrected chi connectivity index (χ3v) is 4.83. The lowest BCUT2D eigenvalue weighted by atomic mass is 10.1. The van der Waals surface area contributed by atoms with Gasteiger partial charge < -0.3 is 10.1 Å². The largest absolute Gasteiger partial charge is 0.380 e. The van der Waals surface area contributed by atoms with Gasteiger partial charge in [0.1, 0.15) is 0 Å². The zero-order valence-corrected chi connectivity index (χ0v) is 14.1. The third kappa shape index (κ3) is 5.74. The minimum absolute atomic E-state index is 0.158. The first-order valence-electron chi connectivity index (χ1n) is 7.23. The highest BCUT2D eigenvalue weighted by molar-refractivity contribution is 7.89. The Morgan fingerprint density at radius 3 is 2.67 bits per heavy atom. The molecule has 1 atom stereocenters. The van der Waals surface area contributed by atoms with Crippen LogP contribution in [0.2, 0.25) is 0 Å². The van der Waals surface area contributed by atoms with Crippen molar-refractivity contribution in [1.29, 1.82) is 0 Å². The second kappa shape index (κ2) is 8.48. The molecule has 1 unspecified atom stereocenters. The average molecular weight is 314 g/mol. The minimum atomic E-state index is -3.51. The third-order valence-electron chi connectivity index (χ3n) is 3.26. The molecule has 0 saturated carbocycles. The molecule has 1 aromatic rings. The molecule has 0 saturated heterocycles. The smallest absolute Gasteiger partial charge is 0.240 e. The topological polar surface area (TPSA) is 67.4 Å². The van der Waals surface area contributed by atoms with Gasteiger partial charge in [-0.25, -0.2) is 13.1 Å². The zero-order valence-electron chi connectivity index (χ0n) is 13.3. The number of aryl methyl sites for hydroxylation is 1. The van der Waals surface area contributed by atoms with Crippen LogP contribution in [-0.4, -0.2) is 34.7 Å². The van der Waals surface area contributed by atoms with Gasteiger partial charge in [0.05, 0.1) is 11.0 Å². The predicted octanol–water partition coefficient (Wildman–Crippen LogP) is 1.81. The van der Waals surface area contributed by atoms with E-state index in [1.165, 1.54) is 0 Å². The van der Waals surface area contributed by atoms with Crippen molar-refractivity contribution in [2.24, 2.45) is 0 Å². The van der Waals surface area contributed by atoms with Gasteiger partial charge in [0, 0.05) is 20.2 Å². The molecule has 5 nitrogen and oxygen atoms in total. The van der Waals surface area contributed by atoms with E-state index in [4.69, 9.17) is 4.74 Å². The minimum Gasteiger partial charge on any atom is -0.380 e. The predicted molar refractivity (Wildman–Crippen MR) is 84.8 cm³/mol. The summed E-state index contributed by atoms with van der Waals surface area (Å²) in [4.78, 5) is 0.335. The number of rotatable bonds is 9. The molecule has 0 bridgehead atoms. The van der Waals surface area contributed by atoms with Crippen LogP contribution in [0.5, 0.6) is 0 Å². The van der Waals surface area contributed by atoms with Gasteiger partial charge in [-0.1, -0.05) is 19.1 Å². The van der Waals surface area contributed by atoms with Gasteiger partial charge in [-0.05, 0) is 44.0 Å². The maximum Gasteiger partial charge on any atom is 0.240 e. The van der Waals surface area contributed by atoms with Crippen LogP contribution in [0.1, 0.15) is 31.4 Å². The summed E-state index contributed by atoms with van der Waals surface area (Å²) >= 11 is 0. The Morgan fingerprint density at radius 1 is 1.33 bits per heavy atom. The Balaban J connectivity index is 2.86. The highest BCUT2D eigenvalue weighted by atomic mass is 32.2. The molecule has 120 valence electrons. The fourth-order valence-corrected chi connectivity index (χ4v) is 3.25. The van der Waals surface area contributed by atoms with E-state index in [9.17, 15) is 8.42 Å². The molecule has 0 aliphatic carbocycles. The second-order valence-corrected chi connectivity index (χ2v) is 6.91. The Labute approximate surface area is 128 Å². The average Bonchev–Trinajstić information content (AvgIpc) is 2.46. The Hall–Kier alpha value is -0.950. The van der Waals surface area contributed by atoms with Crippen molar-refractivity contribution in [1.82, 2.24) is 10.0 Å². The van der Waals surface area contributed by atoms with E-state index in [2.05, 4.69) is 17.0 Å². The lowest BCUT2D eigenvalue weighted by Crippen LogP contribution is -2.32. The molecule has 2 N–H and O–H groups in total. The molecule has 0 spiro atoms. The van der Waals surface area contributed by atoms with Crippen LogP contribution in [0.15, 0.2) is 23.1 Å².